The maximum atomic E-state index is 12.7. The number of nitrogens with zero attached hydrogens (tertiary/aromatic N) is 3. The van der Waals surface area contributed by atoms with E-state index in [9.17, 15) is 13.2 Å². The lowest BCUT2D eigenvalue weighted by atomic mass is 10.3. The van der Waals surface area contributed by atoms with Crippen LogP contribution in [0, 0.1) is 0 Å². The average molecular weight is 287 g/mol. The van der Waals surface area contributed by atoms with Crippen molar-refractivity contribution in [3.63, 3.8) is 0 Å². The van der Waals surface area contributed by atoms with Crippen LogP contribution >= 0.6 is 0 Å². The highest BCUT2D eigenvalue weighted by atomic mass is 19.4. The molecule has 0 saturated heterocycles. The number of hydrogen-bond donors (Lipinski definition) is 2. The second kappa shape index (κ2) is 4.76. The molecule has 5 nitrogen and oxygen atoms in total. The number of halogens is 3. The van der Waals surface area contributed by atoms with E-state index in [0.717, 1.165) is 25.7 Å². The molecule has 2 fully saturated rings. The van der Waals surface area contributed by atoms with Crippen LogP contribution in [-0.4, -0.2) is 28.7 Å². The van der Waals surface area contributed by atoms with Gasteiger partial charge in [0.1, 0.15) is 24.0 Å². The van der Waals surface area contributed by atoms with Crippen molar-refractivity contribution in [1.82, 2.24) is 9.97 Å². The number of hydrazine groups is 1. The van der Waals surface area contributed by atoms with Crippen molar-refractivity contribution in [3.8, 4) is 0 Å². The SMILES string of the molecule is NNc1cc(N(CC(F)(F)F)C2CC2)nc(C2CC2)n1. The molecule has 0 aromatic carbocycles. The summed E-state index contributed by atoms with van der Waals surface area (Å²) in [5, 5.41) is 0. The number of aromatic nitrogens is 2. The summed E-state index contributed by atoms with van der Waals surface area (Å²) in [6.07, 6.45) is -0.746. The molecule has 2 saturated carbocycles. The lowest BCUT2D eigenvalue weighted by Gasteiger charge is -2.25. The summed E-state index contributed by atoms with van der Waals surface area (Å²) in [7, 11) is 0. The molecule has 0 spiro atoms. The van der Waals surface area contributed by atoms with E-state index < -0.39 is 12.7 Å². The largest absolute Gasteiger partial charge is 0.405 e. The van der Waals surface area contributed by atoms with Gasteiger partial charge in [0.25, 0.3) is 0 Å². The molecule has 0 bridgehead atoms. The Hall–Kier alpha value is -1.57. The van der Waals surface area contributed by atoms with Gasteiger partial charge in [-0.1, -0.05) is 0 Å². The second-order valence-corrected chi connectivity index (χ2v) is 5.36. The fourth-order valence-electron chi connectivity index (χ4n) is 2.17. The molecule has 0 radical (unpaired) electrons. The summed E-state index contributed by atoms with van der Waals surface area (Å²) in [5.41, 5.74) is 2.41. The second-order valence-electron chi connectivity index (χ2n) is 5.36. The Morgan fingerprint density at radius 1 is 1.25 bits per heavy atom. The van der Waals surface area contributed by atoms with Crippen molar-refractivity contribution in [2.24, 2.45) is 5.84 Å². The summed E-state index contributed by atoms with van der Waals surface area (Å²) in [6.45, 7) is -0.983. The van der Waals surface area contributed by atoms with Gasteiger partial charge in [-0.15, -0.1) is 0 Å². The molecule has 1 aromatic rings. The van der Waals surface area contributed by atoms with Gasteiger partial charge < -0.3 is 10.3 Å². The molecular weight excluding hydrogens is 271 g/mol. The van der Waals surface area contributed by atoms with E-state index in [0.29, 0.717) is 17.5 Å². The highest BCUT2D eigenvalue weighted by Crippen LogP contribution is 2.40. The Kier molecular flexibility index (Phi) is 3.19. The molecule has 8 heteroatoms. The minimum Gasteiger partial charge on any atom is -0.344 e. The van der Waals surface area contributed by atoms with Crippen molar-refractivity contribution in [2.75, 3.05) is 16.9 Å². The average Bonchev–Trinajstić information content (AvgIpc) is 3.27. The van der Waals surface area contributed by atoms with Gasteiger partial charge in [0.15, 0.2) is 0 Å². The zero-order valence-electron chi connectivity index (χ0n) is 10.8. The molecule has 0 atom stereocenters. The molecule has 0 aliphatic heterocycles. The smallest absolute Gasteiger partial charge is 0.344 e. The van der Waals surface area contributed by atoms with Gasteiger partial charge in [0, 0.05) is 18.0 Å². The molecular formula is C12H16F3N5. The van der Waals surface area contributed by atoms with Crippen LogP contribution in [0.4, 0.5) is 24.8 Å². The van der Waals surface area contributed by atoms with E-state index in [1.54, 1.807) is 0 Å². The number of nitrogen functional groups attached to an aromatic ring is 1. The van der Waals surface area contributed by atoms with Gasteiger partial charge in [-0.2, -0.15) is 13.2 Å². The molecule has 1 aromatic heterocycles. The Labute approximate surface area is 114 Å². The highest BCUT2D eigenvalue weighted by Gasteiger charge is 2.39. The number of alkyl halides is 3. The van der Waals surface area contributed by atoms with Crippen LogP contribution in [-0.2, 0) is 0 Å². The molecule has 110 valence electrons. The number of anilines is 2. The standard InChI is InChI=1S/C12H16F3N5/c13-12(14,15)6-20(8-3-4-8)10-5-9(19-16)17-11(18-10)7-1-2-7/h5,7-8H,1-4,6,16H2,(H,17,18,19). The Balaban J connectivity index is 1.90. The quantitative estimate of drug-likeness (QED) is 0.642. The van der Waals surface area contributed by atoms with Crippen LogP contribution in [0.15, 0.2) is 6.07 Å². The van der Waals surface area contributed by atoms with Crippen molar-refractivity contribution < 1.29 is 13.2 Å². The van der Waals surface area contributed by atoms with Crippen molar-refractivity contribution in [2.45, 2.75) is 43.8 Å². The predicted molar refractivity (Wildman–Crippen MR) is 68.2 cm³/mol. The maximum absolute atomic E-state index is 12.7. The van der Waals surface area contributed by atoms with Crippen molar-refractivity contribution >= 4 is 11.6 Å². The molecule has 1 heterocycles. The third kappa shape index (κ3) is 3.12. The molecule has 2 aliphatic carbocycles. The van der Waals surface area contributed by atoms with E-state index in [-0.39, 0.29) is 12.0 Å². The van der Waals surface area contributed by atoms with Crippen molar-refractivity contribution in [1.29, 1.82) is 0 Å². The lowest BCUT2D eigenvalue weighted by Crippen LogP contribution is -2.36. The normalized spacial score (nSPS) is 19.0. The van der Waals surface area contributed by atoms with Gasteiger partial charge in [-0.3, -0.25) is 0 Å². The van der Waals surface area contributed by atoms with Crippen LogP contribution in [0.3, 0.4) is 0 Å². The minimum absolute atomic E-state index is 0.0794. The van der Waals surface area contributed by atoms with E-state index in [2.05, 4.69) is 15.4 Å². The third-order valence-corrected chi connectivity index (χ3v) is 3.45. The third-order valence-electron chi connectivity index (χ3n) is 3.45. The molecule has 0 unspecified atom stereocenters. The molecule has 3 N–H and O–H groups in total. The molecule has 20 heavy (non-hydrogen) atoms. The first kappa shape index (κ1) is 13.4. The van der Waals surface area contributed by atoms with E-state index in [1.165, 1.54) is 11.0 Å². The topological polar surface area (TPSA) is 67.1 Å². The van der Waals surface area contributed by atoms with Crippen LogP contribution in [0.5, 0.6) is 0 Å². The fraction of sp³-hybridized carbons (Fsp3) is 0.667. The van der Waals surface area contributed by atoms with Crippen molar-refractivity contribution in [3.05, 3.63) is 11.9 Å². The van der Waals surface area contributed by atoms with Gasteiger partial charge in [-0.05, 0) is 25.7 Å². The first-order valence-corrected chi connectivity index (χ1v) is 6.65. The van der Waals surface area contributed by atoms with Gasteiger partial charge >= 0.3 is 6.18 Å². The number of nitrogens with one attached hydrogen (secondary N) is 1. The number of rotatable bonds is 5. The predicted octanol–water partition coefficient (Wildman–Crippen LogP) is 2.17. The van der Waals surface area contributed by atoms with Gasteiger partial charge in [0.05, 0.1) is 0 Å². The summed E-state index contributed by atoms with van der Waals surface area (Å²) < 4.78 is 38.1. The fourth-order valence-corrected chi connectivity index (χ4v) is 2.17. The van der Waals surface area contributed by atoms with E-state index >= 15 is 0 Å². The van der Waals surface area contributed by atoms with Crippen LogP contribution in [0.1, 0.15) is 37.4 Å². The van der Waals surface area contributed by atoms with Gasteiger partial charge in [0.2, 0.25) is 0 Å². The number of hydrogen-bond acceptors (Lipinski definition) is 5. The van der Waals surface area contributed by atoms with E-state index in [4.69, 9.17) is 5.84 Å². The Morgan fingerprint density at radius 2 is 1.95 bits per heavy atom. The van der Waals surface area contributed by atoms with Crippen LogP contribution in [0.25, 0.3) is 0 Å². The summed E-state index contributed by atoms with van der Waals surface area (Å²) in [4.78, 5) is 9.84. The first-order chi connectivity index (χ1) is 9.46. The number of nitrogens with two attached hydrogens (primary N) is 1. The minimum atomic E-state index is -4.25. The molecule has 0 amide bonds. The maximum Gasteiger partial charge on any atom is 0.405 e. The Morgan fingerprint density at radius 3 is 2.45 bits per heavy atom. The highest BCUT2D eigenvalue weighted by molar-refractivity contribution is 5.51. The summed E-state index contributed by atoms with van der Waals surface area (Å²) in [5.74, 6) is 6.87. The van der Waals surface area contributed by atoms with Crippen LogP contribution in [0.2, 0.25) is 0 Å². The summed E-state index contributed by atoms with van der Waals surface area (Å²) in [6, 6.07) is 1.40. The summed E-state index contributed by atoms with van der Waals surface area (Å²) >= 11 is 0. The Bertz CT molecular complexity index is 496. The van der Waals surface area contributed by atoms with E-state index in [1.807, 2.05) is 0 Å². The van der Waals surface area contributed by atoms with Crippen LogP contribution < -0.4 is 16.2 Å². The lowest BCUT2D eigenvalue weighted by molar-refractivity contribution is -0.120. The zero-order valence-corrected chi connectivity index (χ0v) is 10.8. The molecule has 2 aliphatic rings. The first-order valence-electron chi connectivity index (χ1n) is 6.65. The zero-order chi connectivity index (χ0) is 14.3. The monoisotopic (exact) mass is 287 g/mol. The molecule has 3 rings (SSSR count). The van der Waals surface area contributed by atoms with Gasteiger partial charge in [-0.25, -0.2) is 15.8 Å².